The van der Waals surface area contributed by atoms with E-state index >= 15 is 0 Å². The number of rotatable bonds is 1. The van der Waals surface area contributed by atoms with E-state index in [9.17, 15) is 0 Å². The van der Waals surface area contributed by atoms with E-state index < -0.39 is 0 Å². The van der Waals surface area contributed by atoms with Crippen LogP contribution in [0.15, 0.2) is 12.1 Å². The first-order valence-corrected chi connectivity index (χ1v) is 4.87. The largest absolute Gasteiger partial charge is 0.240 e. The summed E-state index contributed by atoms with van der Waals surface area (Å²) in [6.45, 7) is 5.10. The van der Waals surface area contributed by atoms with E-state index in [0.717, 1.165) is 12.1 Å². The Kier molecular flexibility index (Phi) is 1.81. The fourth-order valence-electron chi connectivity index (χ4n) is 1.16. The number of hydrogen-bond acceptors (Lipinski definition) is 2. The first-order chi connectivity index (χ1) is 5.81. The van der Waals surface area contributed by atoms with Gasteiger partial charge in [0, 0.05) is 6.54 Å². The van der Waals surface area contributed by atoms with Crippen LogP contribution < -0.4 is 0 Å². The third kappa shape index (κ3) is 1.10. The number of aromatic nitrogens is 3. The van der Waals surface area contributed by atoms with Crippen LogP contribution in [0.1, 0.15) is 12.2 Å². The van der Waals surface area contributed by atoms with Gasteiger partial charge >= 0.3 is 0 Å². The van der Waals surface area contributed by atoms with E-state index in [4.69, 9.17) is 0 Å². The van der Waals surface area contributed by atoms with Crippen LogP contribution in [0.3, 0.4) is 0 Å². The molecule has 2 rings (SSSR count). The van der Waals surface area contributed by atoms with Gasteiger partial charge in [-0.25, -0.2) is 4.68 Å². The molecular weight excluding hydrogens is 169 g/mol. The summed E-state index contributed by atoms with van der Waals surface area (Å²) in [4.78, 5) is 0. The quantitative estimate of drug-likeness (QED) is 0.672. The molecule has 3 nitrogen and oxygen atoms in total. The highest BCUT2D eigenvalue weighted by atomic mass is 31.0. The molecule has 0 fully saturated rings. The zero-order valence-corrected chi connectivity index (χ0v) is 8.05. The molecule has 0 saturated carbocycles. The van der Waals surface area contributed by atoms with Gasteiger partial charge in [-0.05, 0) is 33.4 Å². The Labute approximate surface area is 72.5 Å². The van der Waals surface area contributed by atoms with Gasteiger partial charge in [-0.1, -0.05) is 11.3 Å². The van der Waals surface area contributed by atoms with Crippen molar-refractivity contribution in [2.24, 2.45) is 0 Å². The molecule has 62 valence electrons. The van der Waals surface area contributed by atoms with Crippen molar-refractivity contribution in [2.75, 3.05) is 0 Å². The summed E-state index contributed by atoms with van der Waals surface area (Å²) in [5, 5.41) is 10.7. The average molecular weight is 179 g/mol. The lowest BCUT2D eigenvalue weighted by Crippen LogP contribution is -1.94. The summed E-state index contributed by atoms with van der Waals surface area (Å²) in [5.74, 6) is 0. The molecule has 0 aliphatic heterocycles. The lowest BCUT2D eigenvalue weighted by atomic mass is 10.4. The zero-order valence-electron chi connectivity index (χ0n) is 7.15. The Balaban J connectivity index is 2.75. The molecule has 0 aromatic carbocycles. The molecule has 12 heavy (non-hydrogen) atoms. The minimum Gasteiger partial charge on any atom is -0.240 e. The van der Waals surface area contributed by atoms with Gasteiger partial charge in [0.1, 0.15) is 10.8 Å². The Morgan fingerprint density at radius 1 is 1.50 bits per heavy atom. The molecule has 0 saturated heterocycles. The monoisotopic (exact) mass is 179 g/mol. The summed E-state index contributed by atoms with van der Waals surface area (Å²) < 4.78 is 1.95. The summed E-state index contributed by atoms with van der Waals surface area (Å²) in [7, 11) is 1.24. The number of hydrogen-bond donors (Lipinski definition) is 0. The van der Waals surface area contributed by atoms with Crippen LogP contribution in [0.4, 0.5) is 0 Å². The molecular formula is C8H10N3P. The van der Waals surface area contributed by atoms with Gasteiger partial charge in [0.15, 0.2) is 0 Å². The maximum absolute atomic E-state index is 4.07. The lowest BCUT2D eigenvalue weighted by molar-refractivity contribution is 0.649. The smallest absolute Gasteiger partial charge is 0.117 e. The highest BCUT2D eigenvalue weighted by Gasteiger charge is 2.01. The molecule has 0 amide bonds. The van der Waals surface area contributed by atoms with Gasteiger partial charge in [0.25, 0.3) is 0 Å². The minimum atomic E-state index is 0.899. The van der Waals surface area contributed by atoms with E-state index in [-0.39, 0.29) is 0 Å². The molecule has 0 aliphatic rings. The highest BCUT2D eigenvalue weighted by Crippen LogP contribution is 2.24. The van der Waals surface area contributed by atoms with Crippen LogP contribution >= 0.6 is 8.19 Å². The van der Waals surface area contributed by atoms with Crippen molar-refractivity contribution in [3.63, 3.8) is 0 Å². The van der Waals surface area contributed by atoms with E-state index in [0.29, 0.717) is 0 Å². The molecule has 0 atom stereocenters. The predicted octanol–water partition coefficient (Wildman–Crippen LogP) is 2.34. The van der Waals surface area contributed by atoms with Crippen LogP contribution in [0.25, 0.3) is 10.8 Å². The van der Waals surface area contributed by atoms with Crippen LogP contribution in [-0.4, -0.2) is 15.0 Å². The highest BCUT2D eigenvalue weighted by molar-refractivity contribution is 7.37. The second-order valence-electron chi connectivity index (χ2n) is 2.70. The zero-order chi connectivity index (χ0) is 8.55. The Morgan fingerprint density at radius 3 is 3.08 bits per heavy atom. The SMILES string of the molecule is CCn1nnc2ccc(C)pc21. The topological polar surface area (TPSA) is 30.7 Å². The summed E-state index contributed by atoms with van der Waals surface area (Å²) in [6, 6.07) is 4.12. The maximum Gasteiger partial charge on any atom is 0.117 e. The van der Waals surface area contributed by atoms with Crippen LogP contribution in [0.5, 0.6) is 0 Å². The van der Waals surface area contributed by atoms with Gasteiger partial charge in [-0.15, -0.1) is 5.10 Å². The molecule has 0 aliphatic carbocycles. The Morgan fingerprint density at radius 2 is 2.33 bits per heavy atom. The van der Waals surface area contributed by atoms with Crippen LogP contribution in [0.2, 0.25) is 0 Å². The molecule has 2 heterocycles. The lowest BCUT2D eigenvalue weighted by Gasteiger charge is -1.95. The molecule has 0 N–H and O–H groups in total. The Hall–Kier alpha value is -0.950. The van der Waals surface area contributed by atoms with E-state index in [1.54, 1.807) is 0 Å². The summed E-state index contributed by atoms with van der Waals surface area (Å²) >= 11 is 0. The molecule has 2 aromatic rings. The third-order valence-corrected chi connectivity index (χ3v) is 2.97. The third-order valence-electron chi connectivity index (χ3n) is 1.80. The van der Waals surface area contributed by atoms with Crippen molar-refractivity contribution in [3.8, 4) is 0 Å². The van der Waals surface area contributed by atoms with E-state index in [1.807, 2.05) is 10.7 Å². The van der Waals surface area contributed by atoms with Crippen molar-refractivity contribution in [3.05, 3.63) is 17.4 Å². The van der Waals surface area contributed by atoms with Gasteiger partial charge < -0.3 is 0 Å². The second-order valence-corrected chi connectivity index (χ2v) is 4.05. The van der Waals surface area contributed by atoms with Crippen molar-refractivity contribution in [2.45, 2.75) is 20.4 Å². The van der Waals surface area contributed by atoms with Gasteiger partial charge in [-0.3, -0.25) is 0 Å². The summed E-state index contributed by atoms with van der Waals surface area (Å²) in [6.07, 6.45) is 0. The van der Waals surface area contributed by atoms with Crippen molar-refractivity contribution in [1.82, 2.24) is 15.0 Å². The number of aryl methyl sites for hydroxylation is 2. The van der Waals surface area contributed by atoms with E-state index in [2.05, 4.69) is 30.2 Å². The first kappa shape index (κ1) is 7.69. The molecule has 4 heteroatoms. The van der Waals surface area contributed by atoms with Crippen LogP contribution in [-0.2, 0) is 6.54 Å². The van der Waals surface area contributed by atoms with Crippen molar-refractivity contribution >= 4 is 19.0 Å². The van der Waals surface area contributed by atoms with Gasteiger partial charge in [0.2, 0.25) is 0 Å². The van der Waals surface area contributed by atoms with Gasteiger partial charge in [-0.2, -0.15) is 0 Å². The van der Waals surface area contributed by atoms with E-state index in [1.165, 1.54) is 18.7 Å². The molecule has 0 unspecified atom stereocenters. The second kappa shape index (κ2) is 2.83. The molecule has 0 bridgehead atoms. The molecule has 0 radical (unpaired) electrons. The molecule has 0 spiro atoms. The van der Waals surface area contributed by atoms with Crippen LogP contribution in [0, 0.1) is 6.92 Å². The van der Waals surface area contributed by atoms with Crippen molar-refractivity contribution < 1.29 is 0 Å². The standard InChI is InChI=1S/C8H10N3P/c1-3-11-8-7(9-10-11)5-4-6(2)12-8/h4-5H,3H2,1-2H3. The molecule has 2 aromatic heterocycles. The predicted molar refractivity (Wildman–Crippen MR) is 50.5 cm³/mol. The fourth-order valence-corrected chi connectivity index (χ4v) is 2.18. The fraction of sp³-hybridized carbons (Fsp3) is 0.375. The summed E-state index contributed by atoms with van der Waals surface area (Å²) in [5.41, 5.74) is 1.02. The Bertz CT molecular complexity index is 408. The average Bonchev–Trinajstić information content (AvgIpc) is 2.46. The maximum atomic E-state index is 4.07. The number of nitrogens with zero attached hydrogens (tertiary/aromatic N) is 3. The number of fused-ring (bicyclic) bond motifs is 1. The minimum absolute atomic E-state index is 0.899. The first-order valence-electron chi connectivity index (χ1n) is 3.98. The van der Waals surface area contributed by atoms with Crippen molar-refractivity contribution in [1.29, 1.82) is 0 Å². The normalized spacial score (nSPS) is 11.5. The van der Waals surface area contributed by atoms with Gasteiger partial charge in [0.05, 0.1) is 0 Å².